The molecule has 2 heterocycles. The summed E-state index contributed by atoms with van der Waals surface area (Å²) in [5.74, 6) is -0.463. The Labute approximate surface area is 159 Å². The van der Waals surface area contributed by atoms with Gasteiger partial charge >= 0.3 is 11.8 Å². The van der Waals surface area contributed by atoms with Gasteiger partial charge in [-0.25, -0.2) is 0 Å². The van der Waals surface area contributed by atoms with Crippen molar-refractivity contribution in [2.45, 2.75) is 11.3 Å². The number of amides is 2. The van der Waals surface area contributed by atoms with Crippen LogP contribution in [0.15, 0.2) is 64.1 Å². The number of anilines is 1. The summed E-state index contributed by atoms with van der Waals surface area (Å²) in [4.78, 5) is 27.1. The van der Waals surface area contributed by atoms with Gasteiger partial charge < -0.3 is 15.1 Å². The van der Waals surface area contributed by atoms with Crippen LogP contribution in [-0.4, -0.2) is 24.6 Å². The summed E-state index contributed by atoms with van der Waals surface area (Å²) in [7, 11) is 0. The molecule has 0 aliphatic heterocycles. The van der Waals surface area contributed by atoms with Gasteiger partial charge in [-0.05, 0) is 49.1 Å². The maximum atomic E-state index is 12.0. The first-order chi connectivity index (χ1) is 12.7. The van der Waals surface area contributed by atoms with Crippen molar-refractivity contribution in [1.82, 2.24) is 5.32 Å². The molecule has 0 aliphatic carbocycles. The van der Waals surface area contributed by atoms with Crippen molar-refractivity contribution in [1.29, 1.82) is 0 Å². The molecule has 0 fully saturated rings. The third-order valence-corrected chi connectivity index (χ3v) is 5.60. The predicted octanol–water partition coefficient (Wildman–Crippen LogP) is 4.03. The van der Waals surface area contributed by atoms with Crippen LogP contribution in [0.1, 0.15) is 4.88 Å². The highest BCUT2D eigenvalue weighted by Gasteiger charge is 2.15. The fourth-order valence-electron chi connectivity index (χ4n) is 2.37. The highest BCUT2D eigenvalue weighted by Crippen LogP contribution is 2.28. The fraction of sp³-hybridized carbons (Fsp3) is 0.158. The zero-order valence-electron chi connectivity index (χ0n) is 14.2. The number of carbonyl (C=O) groups is 2. The van der Waals surface area contributed by atoms with Crippen LogP contribution >= 0.6 is 23.1 Å². The highest BCUT2D eigenvalue weighted by molar-refractivity contribution is 7.98. The van der Waals surface area contributed by atoms with Crippen molar-refractivity contribution < 1.29 is 14.0 Å². The topological polar surface area (TPSA) is 71.3 Å². The van der Waals surface area contributed by atoms with Crippen LogP contribution in [0.25, 0.3) is 10.6 Å². The molecule has 0 atom stereocenters. The first kappa shape index (κ1) is 18.3. The van der Waals surface area contributed by atoms with Crippen molar-refractivity contribution in [2.24, 2.45) is 0 Å². The molecule has 2 aromatic heterocycles. The molecule has 2 amide bonds. The van der Waals surface area contributed by atoms with Crippen LogP contribution in [0.5, 0.6) is 0 Å². The second-order valence-corrected chi connectivity index (χ2v) is 7.42. The third-order valence-electron chi connectivity index (χ3n) is 3.64. The molecule has 7 heteroatoms. The Morgan fingerprint density at radius 1 is 1.08 bits per heavy atom. The Hall–Kier alpha value is -2.51. The molecule has 0 spiro atoms. The van der Waals surface area contributed by atoms with Gasteiger partial charge in [0.2, 0.25) is 0 Å². The molecule has 0 aliphatic rings. The lowest BCUT2D eigenvalue weighted by Gasteiger charge is -2.09. The van der Waals surface area contributed by atoms with Gasteiger partial charge in [-0.1, -0.05) is 12.1 Å². The molecular weight excluding hydrogens is 368 g/mol. The molecule has 134 valence electrons. The van der Waals surface area contributed by atoms with Crippen LogP contribution in [0, 0.1) is 0 Å². The lowest BCUT2D eigenvalue weighted by molar-refractivity contribution is -0.136. The molecule has 2 N–H and O–H groups in total. The molecule has 0 saturated heterocycles. The van der Waals surface area contributed by atoms with E-state index in [-0.39, 0.29) is 0 Å². The van der Waals surface area contributed by atoms with E-state index in [4.69, 9.17) is 4.42 Å². The molecule has 26 heavy (non-hydrogen) atoms. The fourth-order valence-corrected chi connectivity index (χ4v) is 3.90. The van der Waals surface area contributed by atoms with E-state index in [9.17, 15) is 9.59 Å². The van der Waals surface area contributed by atoms with Crippen molar-refractivity contribution in [3.8, 4) is 10.6 Å². The Morgan fingerprint density at radius 3 is 2.69 bits per heavy atom. The number of thiophene rings is 1. The lowest BCUT2D eigenvalue weighted by atomic mass is 10.3. The second-order valence-electron chi connectivity index (χ2n) is 5.40. The summed E-state index contributed by atoms with van der Waals surface area (Å²) in [6, 6.07) is 15.1. The highest BCUT2D eigenvalue weighted by atomic mass is 32.2. The average molecular weight is 386 g/mol. The SMILES string of the molecule is CSc1ccccc1NC(=O)C(=O)NCCc1ccc(-c2ccco2)s1. The monoisotopic (exact) mass is 386 g/mol. The second kappa shape index (κ2) is 8.73. The van der Waals surface area contributed by atoms with E-state index in [0.29, 0.717) is 18.7 Å². The first-order valence-electron chi connectivity index (χ1n) is 8.02. The molecule has 0 radical (unpaired) electrons. The number of hydrogen-bond donors (Lipinski definition) is 2. The number of furan rings is 1. The van der Waals surface area contributed by atoms with E-state index < -0.39 is 11.8 Å². The van der Waals surface area contributed by atoms with Gasteiger partial charge in [0.05, 0.1) is 16.8 Å². The Bertz CT molecular complexity index is 888. The smallest absolute Gasteiger partial charge is 0.313 e. The van der Waals surface area contributed by atoms with Gasteiger partial charge in [-0.2, -0.15) is 0 Å². The predicted molar refractivity (Wildman–Crippen MR) is 106 cm³/mol. The number of para-hydroxylation sites is 1. The minimum absolute atomic E-state index is 0.397. The van der Waals surface area contributed by atoms with E-state index in [1.54, 1.807) is 23.7 Å². The Morgan fingerprint density at radius 2 is 1.92 bits per heavy atom. The van der Waals surface area contributed by atoms with E-state index in [1.807, 2.05) is 48.7 Å². The van der Waals surface area contributed by atoms with Crippen LogP contribution in [0.4, 0.5) is 5.69 Å². The average Bonchev–Trinajstić information content (AvgIpc) is 3.33. The van der Waals surface area contributed by atoms with Gasteiger partial charge in [0, 0.05) is 16.3 Å². The molecule has 3 aromatic rings. The summed E-state index contributed by atoms with van der Waals surface area (Å²) in [5, 5.41) is 5.31. The number of nitrogens with one attached hydrogen (secondary N) is 2. The summed E-state index contributed by atoms with van der Waals surface area (Å²) in [6.07, 6.45) is 4.22. The zero-order valence-corrected chi connectivity index (χ0v) is 15.8. The van der Waals surface area contributed by atoms with E-state index in [2.05, 4.69) is 10.6 Å². The molecule has 3 rings (SSSR count). The molecule has 5 nitrogen and oxygen atoms in total. The minimum Gasteiger partial charge on any atom is -0.464 e. The number of thioether (sulfide) groups is 1. The minimum atomic E-state index is -0.658. The van der Waals surface area contributed by atoms with Crippen molar-refractivity contribution in [3.05, 3.63) is 59.7 Å². The van der Waals surface area contributed by atoms with Gasteiger partial charge in [0.25, 0.3) is 0 Å². The molecule has 1 aromatic carbocycles. The van der Waals surface area contributed by atoms with Crippen molar-refractivity contribution in [3.63, 3.8) is 0 Å². The van der Waals surface area contributed by atoms with Gasteiger partial charge in [0.1, 0.15) is 5.76 Å². The van der Waals surface area contributed by atoms with Gasteiger partial charge in [-0.3, -0.25) is 9.59 Å². The van der Waals surface area contributed by atoms with Crippen LogP contribution in [-0.2, 0) is 16.0 Å². The lowest BCUT2D eigenvalue weighted by Crippen LogP contribution is -2.36. The summed E-state index contributed by atoms with van der Waals surface area (Å²) < 4.78 is 5.37. The quantitative estimate of drug-likeness (QED) is 0.496. The molecule has 0 unspecified atom stereocenters. The Balaban J connectivity index is 1.49. The Kier molecular flexibility index (Phi) is 6.14. The van der Waals surface area contributed by atoms with E-state index in [0.717, 1.165) is 20.4 Å². The standard InChI is InChI=1S/C19H18N2O3S2/c1-25-16-7-3-2-5-14(16)21-19(23)18(22)20-11-10-13-8-9-17(26-13)15-6-4-12-24-15/h2-9,12H,10-11H2,1H3,(H,20,22)(H,21,23). The number of rotatable bonds is 6. The molecule has 0 saturated carbocycles. The van der Waals surface area contributed by atoms with Gasteiger partial charge in [0.15, 0.2) is 0 Å². The van der Waals surface area contributed by atoms with Crippen molar-refractivity contribution in [2.75, 3.05) is 18.1 Å². The number of carbonyl (C=O) groups excluding carboxylic acids is 2. The van der Waals surface area contributed by atoms with E-state index in [1.165, 1.54) is 11.8 Å². The summed E-state index contributed by atoms with van der Waals surface area (Å²) >= 11 is 3.12. The zero-order chi connectivity index (χ0) is 18.4. The largest absolute Gasteiger partial charge is 0.464 e. The maximum absolute atomic E-state index is 12.0. The normalized spacial score (nSPS) is 10.5. The van der Waals surface area contributed by atoms with E-state index >= 15 is 0 Å². The molecule has 0 bridgehead atoms. The maximum Gasteiger partial charge on any atom is 0.313 e. The first-order valence-corrected chi connectivity index (χ1v) is 10.1. The van der Waals surface area contributed by atoms with Crippen LogP contribution < -0.4 is 10.6 Å². The van der Waals surface area contributed by atoms with Crippen LogP contribution in [0.2, 0.25) is 0 Å². The third kappa shape index (κ3) is 4.56. The van der Waals surface area contributed by atoms with Gasteiger partial charge in [-0.15, -0.1) is 23.1 Å². The summed E-state index contributed by atoms with van der Waals surface area (Å²) in [5.41, 5.74) is 0.640. The van der Waals surface area contributed by atoms with Crippen LogP contribution in [0.3, 0.4) is 0 Å². The number of benzene rings is 1. The molecular formula is C19H18N2O3S2. The summed E-state index contributed by atoms with van der Waals surface area (Å²) in [6.45, 7) is 0.397. The van der Waals surface area contributed by atoms with Crippen molar-refractivity contribution >= 4 is 40.6 Å². The number of hydrogen-bond acceptors (Lipinski definition) is 5.